The van der Waals surface area contributed by atoms with Gasteiger partial charge in [-0.2, -0.15) is 0 Å². The fourth-order valence-electron chi connectivity index (χ4n) is 4.04. The van der Waals surface area contributed by atoms with Gasteiger partial charge in [-0.05, 0) is 65.4 Å². The number of carbonyl (C=O) groups is 1. The van der Waals surface area contributed by atoms with Crippen LogP contribution in [0.15, 0.2) is 72.8 Å². The molecule has 3 aromatic carbocycles. The number of hydrogen-bond acceptors (Lipinski definition) is 4. The van der Waals surface area contributed by atoms with E-state index in [9.17, 15) is 9.18 Å². The van der Waals surface area contributed by atoms with Crippen LogP contribution in [0, 0.1) is 5.82 Å². The summed E-state index contributed by atoms with van der Waals surface area (Å²) in [6, 6.07) is 20.4. The van der Waals surface area contributed by atoms with Gasteiger partial charge in [0.05, 0.1) is 11.0 Å². The first kappa shape index (κ1) is 23.0. The van der Waals surface area contributed by atoms with Crippen LogP contribution in [0.3, 0.4) is 0 Å². The molecule has 1 aliphatic rings. The van der Waals surface area contributed by atoms with Crippen molar-refractivity contribution in [2.24, 2.45) is 0 Å². The van der Waals surface area contributed by atoms with E-state index in [0.717, 1.165) is 58.4 Å². The summed E-state index contributed by atoms with van der Waals surface area (Å²) in [5, 5.41) is 0. The van der Waals surface area contributed by atoms with Crippen molar-refractivity contribution >= 4 is 23.0 Å². The topological polar surface area (TPSA) is 76.2 Å². The van der Waals surface area contributed by atoms with Crippen LogP contribution in [0.4, 0.5) is 4.39 Å². The summed E-state index contributed by atoms with van der Waals surface area (Å²) < 4.78 is 18.6. The first-order chi connectivity index (χ1) is 17.1. The van der Waals surface area contributed by atoms with E-state index >= 15 is 0 Å². The second-order valence-electron chi connectivity index (χ2n) is 8.55. The van der Waals surface area contributed by atoms with Crippen molar-refractivity contribution in [3.8, 4) is 11.1 Å². The van der Waals surface area contributed by atoms with Crippen molar-refractivity contribution in [3.63, 3.8) is 0 Å². The Morgan fingerprint density at radius 2 is 1.89 bits per heavy atom. The molecule has 0 spiro atoms. The molecule has 1 aliphatic heterocycles. The monoisotopic (exact) mass is 471 g/mol. The molecule has 0 saturated carbocycles. The van der Waals surface area contributed by atoms with E-state index < -0.39 is 0 Å². The zero-order chi connectivity index (χ0) is 24.0. The van der Waals surface area contributed by atoms with Crippen LogP contribution in [-0.4, -0.2) is 28.8 Å². The number of halogens is 1. The average molecular weight is 472 g/mol. The Balaban J connectivity index is 1.18. The Morgan fingerprint density at radius 1 is 1.09 bits per heavy atom. The van der Waals surface area contributed by atoms with Gasteiger partial charge in [-0.25, -0.2) is 19.7 Å². The van der Waals surface area contributed by atoms with Gasteiger partial charge in [0.15, 0.2) is 6.29 Å². The van der Waals surface area contributed by atoms with E-state index in [1.807, 2.05) is 42.5 Å². The fraction of sp³-hybridized carbons (Fsp3) is 0.214. The summed E-state index contributed by atoms with van der Waals surface area (Å²) in [4.78, 5) is 25.3. The highest BCUT2D eigenvalue weighted by atomic mass is 19.1. The molecule has 0 radical (unpaired) electrons. The van der Waals surface area contributed by atoms with Crippen LogP contribution in [-0.2, 0) is 20.8 Å². The Bertz CT molecular complexity index is 1320. The van der Waals surface area contributed by atoms with Gasteiger partial charge in [0, 0.05) is 25.5 Å². The molecule has 5 rings (SSSR count). The quantitative estimate of drug-likeness (QED) is 0.274. The van der Waals surface area contributed by atoms with Crippen molar-refractivity contribution in [1.82, 2.24) is 15.4 Å². The molecule has 2 N–H and O–H groups in total. The lowest BCUT2D eigenvalue weighted by Gasteiger charge is -2.21. The maximum Gasteiger partial charge on any atom is 0.267 e. The van der Waals surface area contributed by atoms with Gasteiger partial charge < -0.3 is 9.72 Å². The van der Waals surface area contributed by atoms with Crippen LogP contribution in [0.5, 0.6) is 0 Å². The molecule has 7 heteroatoms. The third-order valence-corrected chi connectivity index (χ3v) is 5.92. The van der Waals surface area contributed by atoms with Gasteiger partial charge in [0.1, 0.15) is 11.6 Å². The number of nitrogens with one attached hydrogen (secondary N) is 2. The minimum Gasteiger partial charge on any atom is -0.350 e. The SMILES string of the molecule is O=C(C=Cc1ccc(Cc2nc3ccc(-c4ccc(F)cc4)cc3[nH]2)cc1)NOC1CCCCO1. The molecule has 1 atom stereocenters. The van der Waals surface area contributed by atoms with Crippen LogP contribution in [0.1, 0.15) is 36.2 Å². The number of benzene rings is 3. The van der Waals surface area contributed by atoms with Gasteiger partial charge in [-0.3, -0.25) is 4.79 Å². The molecule has 1 aromatic heterocycles. The standard InChI is InChI=1S/C28H26FN3O3/c29-23-12-9-21(10-13-23)22-11-14-24-25(18-22)31-26(30-24)17-20-6-4-19(5-7-20)8-15-27(33)32-35-28-3-1-2-16-34-28/h4-15,18,28H,1-3,16-17H2,(H,30,31)(H,32,33). The smallest absolute Gasteiger partial charge is 0.267 e. The number of fused-ring (bicyclic) bond motifs is 1. The van der Waals surface area contributed by atoms with Crippen molar-refractivity contribution < 1.29 is 18.8 Å². The summed E-state index contributed by atoms with van der Waals surface area (Å²) in [6.07, 6.45) is 6.31. The number of amides is 1. The molecule has 0 aliphatic carbocycles. The molecule has 2 heterocycles. The molecular weight excluding hydrogens is 445 g/mol. The van der Waals surface area contributed by atoms with E-state index in [-0.39, 0.29) is 18.0 Å². The van der Waals surface area contributed by atoms with Gasteiger partial charge >= 0.3 is 0 Å². The maximum absolute atomic E-state index is 13.2. The van der Waals surface area contributed by atoms with Crippen LogP contribution in [0.25, 0.3) is 28.2 Å². The number of ether oxygens (including phenoxy) is 1. The summed E-state index contributed by atoms with van der Waals surface area (Å²) >= 11 is 0. The third-order valence-electron chi connectivity index (χ3n) is 5.92. The number of imidazole rings is 1. The van der Waals surface area contributed by atoms with E-state index in [0.29, 0.717) is 13.0 Å². The summed E-state index contributed by atoms with van der Waals surface area (Å²) in [5.74, 6) is 0.286. The van der Waals surface area contributed by atoms with Gasteiger partial charge in [0.2, 0.25) is 0 Å². The minimum atomic E-state index is -0.367. The lowest BCUT2D eigenvalue weighted by atomic mass is 10.1. The molecular formula is C28H26FN3O3. The van der Waals surface area contributed by atoms with Gasteiger partial charge in [-0.1, -0.05) is 42.5 Å². The molecule has 35 heavy (non-hydrogen) atoms. The number of aromatic amines is 1. The highest BCUT2D eigenvalue weighted by molar-refractivity contribution is 5.91. The molecule has 4 aromatic rings. The average Bonchev–Trinajstić information content (AvgIpc) is 3.29. The largest absolute Gasteiger partial charge is 0.350 e. The van der Waals surface area contributed by atoms with Crippen LogP contribution < -0.4 is 5.48 Å². The number of hydrogen-bond donors (Lipinski definition) is 2. The molecule has 1 fully saturated rings. The molecule has 178 valence electrons. The Labute approximate surface area is 202 Å². The summed E-state index contributed by atoms with van der Waals surface area (Å²) in [6.45, 7) is 0.661. The lowest BCUT2D eigenvalue weighted by molar-refractivity contribution is -0.198. The van der Waals surface area contributed by atoms with Crippen molar-refractivity contribution in [3.05, 3.63) is 95.6 Å². The second-order valence-corrected chi connectivity index (χ2v) is 8.55. The number of hydroxylamine groups is 1. The third kappa shape index (κ3) is 6.01. The van der Waals surface area contributed by atoms with Gasteiger partial charge in [-0.15, -0.1) is 0 Å². The predicted molar refractivity (Wildman–Crippen MR) is 133 cm³/mol. The number of rotatable bonds is 7. The lowest BCUT2D eigenvalue weighted by Crippen LogP contribution is -2.32. The van der Waals surface area contributed by atoms with Crippen molar-refractivity contribution in [1.29, 1.82) is 0 Å². The minimum absolute atomic E-state index is 0.248. The van der Waals surface area contributed by atoms with Gasteiger partial charge in [0.25, 0.3) is 5.91 Å². The highest BCUT2D eigenvalue weighted by Gasteiger charge is 2.15. The Kier molecular flexibility index (Phi) is 6.97. The van der Waals surface area contributed by atoms with E-state index in [4.69, 9.17) is 14.6 Å². The number of nitrogens with zero attached hydrogens (tertiary/aromatic N) is 1. The number of aromatic nitrogens is 2. The van der Waals surface area contributed by atoms with E-state index in [1.165, 1.54) is 18.2 Å². The van der Waals surface area contributed by atoms with Crippen molar-refractivity contribution in [2.75, 3.05) is 6.61 Å². The van der Waals surface area contributed by atoms with E-state index in [2.05, 4.69) is 10.5 Å². The first-order valence-corrected chi connectivity index (χ1v) is 11.7. The maximum atomic E-state index is 13.2. The summed E-state index contributed by atoms with van der Waals surface area (Å²) in [7, 11) is 0. The molecule has 1 saturated heterocycles. The predicted octanol–water partition coefficient (Wildman–Crippen LogP) is 5.55. The summed E-state index contributed by atoms with van der Waals surface area (Å²) in [5.41, 5.74) is 8.21. The molecule has 0 bridgehead atoms. The molecule has 1 amide bonds. The molecule has 1 unspecified atom stereocenters. The zero-order valence-corrected chi connectivity index (χ0v) is 19.2. The normalized spacial score (nSPS) is 16.1. The Morgan fingerprint density at radius 3 is 2.66 bits per heavy atom. The first-order valence-electron chi connectivity index (χ1n) is 11.7. The highest BCUT2D eigenvalue weighted by Crippen LogP contribution is 2.24. The zero-order valence-electron chi connectivity index (χ0n) is 19.2. The van der Waals surface area contributed by atoms with Crippen LogP contribution in [0.2, 0.25) is 0 Å². The van der Waals surface area contributed by atoms with E-state index in [1.54, 1.807) is 18.2 Å². The Hall–Kier alpha value is -3.81. The fourth-order valence-corrected chi connectivity index (χ4v) is 4.04. The second kappa shape index (κ2) is 10.6. The molecule has 6 nitrogen and oxygen atoms in total. The number of H-pyrrole nitrogens is 1. The van der Waals surface area contributed by atoms with Crippen LogP contribution >= 0.6 is 0 Å². The van der Waals surface area contributed by atoms with Crippen molar-refractivity contribution in [2.45, 2.75) is 32.0 Å². The number of carbonyl (C=O) groups excluding carboxylic acids is 1.